The van der Waals surface area contributed by atoms with E-state index >= 15 is 0 Å². The molecule has 0 aliphatic carbocycles. The van der Waals surface area contributed by atoms with E-state index < -0.39 is 0 Å². The Hall–Kier alpha value is -2.60. The molecule has 1 aliphatic heterocycles. The summed E-state index contributed by atoms with van der Waals surface area (Å²) in [5.41, 5.74) is 2.87. The van der Waals surface area contributed by atoms with Gasteiger partial charge in [0.2, 0.25) is 0 Å². The number of amidine groups is 1. The van der Waals surface area contributed by atoms with Crippen LogP contribution in [0.2, 0.25) is 0 Å². The number of pyridine rings is 1. The zero-order valence-corrected chi connectivity index (χ0v) is 15.3. The van der Waals surface area contributed by atoms with Gasteiger partial charge in [-0.25, -0.2) is 4.99 Å². The number of aliphatic imine (C=N–C) groups is 1. The molecule has 6 heteroatoms. The minimum Gasteiger partial charge on any atom is -0.378 e. The van der Waals surface area contributed by atoms with Crippen LogP contribution >= 0.6 is 11.8 Å². The molecule has 2 aromatic rings. The summed E-state index contributed by atoms with van der Waals surface area (Å²) in [6, 6.07) is 11.8. The number of rotatable bonds is 4. The Bertz CT molecular complexity index is 813. The topological polar surface area (TPSA) is 48.8 Å². The van der Waals surface area contributed by atoms with E-state index in [0.717, 1.165) is 16.9 Å². The summed E-state index contributed by atoms with van der Waals surface area (Å²) in [4.78, 5) is 25.7. The molecule has 1 saturated heterocycles. The Kier molecular flexibility index (Phi) is 5.19. The highest BCUT2D eigenvalue weighted by molar-refractivity contribution is 8.18. The minimum absolute atomic E-state index is 0.00757. The third kappa shape index (κ3) is 3.91. The molecule has 1 fully saturated rings. The Morgan fingerprint density at radius 3 is 2.60 bits per heavy atom. The summed E-state index contributed by atoms with van der Waals surface area (Å²) in [5, 5.41) is 0.691. The number of anilines is 1. The second-order valence-corrected chi connectivity index (χ2v) is 6.76. The fourth-order valence-corrected chi connectivity index (χ4v) is 3.48. The van der Waals surface area contributed by atoms with Crippen molar-refractivity contribution in [3.8, 4) is 0 Å². The number of hydrogen-bond donors (Lipinski definition) is 0. The van der Waals surface area contributed by atoms with E-state index in [9.17, 15) is 4.79 Å². The van der Waals surface area contributed by atoms with E-state index in [4.69, 9.17) is 0 Å². The average molecular weight is 352 g/mol. The Labute approximate surface area is 152 Å². The lowest BCUT2D eigenvalue weighted by Crippen LogP contribution is -2.28. The fourth-order valence-electron chi connectivity index (χ4n) is 2.42. The van der Waals surface area contributed by atoms with Crippen molar-refractivity contribution in [3.63, 3.8) is 0 Å². The first kappa shape index (κ1) is 17.2. The van der Waals surface area contributed by atoms with Crippen LogP contribution in [0, 0.1) is 0 Å². The van der Waals surface area contributed by atoms with Crippen LogP contribution in [0.15, 0.2) is 58.7 Å². The van der Waals surface area contributed by atoms with Crippen molar-refractivity contribution in [2.75, 3.05) is 25.5 Å². The molecule has 1 amide bonds. The summed E-state index contributed by atoms with van der Waals surface area (Å²) in [6.45, 7) is 2.54. The molecule has 5 nitrogen and oxygen atoms in total. The number of thioether (sulfide) groups is 1. The Morgan fingerprint density at radius 2 is 2.00 bits per heavy atom. The van der Waals surface area contributed by atoms with E-state index in [1.165, 1.54) is 11.8 Å². The first-order valence-electron chi connectivity index (χ1n) is 8.06. The van der Waals surface area contributed by atoms with Gasteiger partial charge in [-0.3, -0.25) is 14.7 Å². The molecule has 3 rings (SSSR count). The second-order valence-electron chi connectivity index (χ2n) is 5.75. The van der Waals surface area contributed by atoms with Gasteiger partial charge in [0, 0.05) is 32.5 Å². The van der Waals surface area contributed by atoms with Gasteiger partial charge in [0.05, 0.1) is 16.8 Å². The van der Waals surface area contributed by atoms with E-state index in [1.807, 2.05) is 68.4 Å². The standard InChI is InChI=1S/C19H20N4OS/c1-4-23-18(24)17(12-14-7-9-16(10-8-14)22(2)3)25-19(23)21-15-6-5-11-20-13-15/h5-13H,4H2,1-3H3/b17-12-,21-19?. The smallest absolute Gasteiger partial charge is 0.266 e. The van der Waals surface area contributed by atoms with Gasteiger partial charge in [-0.1, -0.05) is 12.1 Å². The van der Waals surface area contributed by atoms with Gasteiger partial charge in [0.25, 0.3) is 5.91 Å². The van der Waals surface area contributed by atoms with Crippen LogP contribution in [0.1, 0.15) is 12.5 Å². The van der Waals surface area contributed by atoms with E-state index in [2.05, 4.69) is 9.98 Å². The second kappa shape index (κ2) is 7.53. The number of aromatic nitrogens is 1. The Morgan fingerprint density at radius 1 is 1.24 bits per heavy atom. The molecule has 0 radical (unpaired) electrons. The highest BCUT2D eigenvalue weighted by Gasteiger charge is 2.32. The molecule has 1 aromatic carbocycles. The summed E-state index contributed by atoms with van der Waals surface area (Å²) in [5.74, 6) is -0.00757. The SMILES string of the molecule is CCN1C(=O)/C(=C/c2ccc(N(C)C)cc2)SC1=Nc1cccnc1. The molecule has 0 bridgehead atoms. The molecule has 0 spiro atoms. The van der Waals surface area contributed by atoms with E-state index in [-0.39, 0.29) is 5.91 Å². The van der Waals surface area contributed by atoms with Gasteiger partial charge in [-0.15, -0.1) is 0 Å². The number of hydrogen-bond acceptors (Lipinski definition) is 5. The average Bonchev–Trinajstić information content (AvgIpc) is 2.91. The number of amides is 1. The maximum Gasteiger partial charge on any atom is 0.266 e. The van der Waals surface area contributed by atoms with E-state index in [1.54, 1.807) is 17.3 Å². The maximum absolute atomic E-state index is 12.6. The maximum atomic E-state index is 12.6. The predicted octanol–water partition coefficient (Wildman–Crippen LogP) is 3.77. The van der Waals surface area contributed by atoms with Crippen molar-refractivity contribution >= 4 is 40.3 Å². The van der Waals surface area contributed by atoms with Crippen molar-refractivity contribution < 1.29 is 4.79 Å². The monoisotopic (exact) mass is 352 g/mol. The zero-order valence-electron chi connectivity index (χ0n) is 14.5. The van der Waals surface area contributed by atoms with Gasteiger partial charge < -0.3 is 4.90 Å². The van der Waals surface area contributed by atoms with Crippen molar-refractivity contribution in [1.82, 2.24) is 9.88 Å². The van der Waals surface area contributed by atoms with Gasteiger partial charge in [-0.2, -0.15) is 0 Å². The van der Waals surface area contributed by atoms with Crippen LogP contribution in [-0.2, 0) is 4.79 Å². The van der Waals surface area contributed by atoms with Crippen LogP contribution < -0.4 is 4.90 Å². The van der Waals surface area contributed by atoms with Gasteiger partial charge in [0.15, 0.2) is 5.17 Å². The summed E-state index contributed by atoms with van der Waals surface area (Å²) in [6.07, 6.45) is 5.31. The summed E-state index contributed by atoms with van der Waals surface area (Å²) >= 11 is 1.40. The first-order chi connectivity index (χ1) is 12.1. The quantitative estimate of drug-likeness (QED) is 0.786. The number of likely N-dealkylation sites (N-methyl/N-ethyl adjacent to an activating group) is 1. The third-order valence-corrected chi connectivity index (χ3v) is 4.79. The zero-order chi connectivity index (χ0) is 17.8. The molecule has 1 aromatic heterocycles. The highest BCUT2D eigenvalue weighted by atomic mass is 32.2. The molecule has 0 unspecified atom stereocenters. The molecular formula is C19H20N4OS. The van der Waals surface area contributed by atoms with Crippen LogP contribution in [0.4, 0.5) is 11.4 Å². The van der Waals surface area contributed by atoms with Crippen molar-refractivity contribution in [1.29, 1.82) is 0 Å². The molecule has 128 valence electrons. The number of carbonyl (C=O) groups is 1. The van der Waals surface area contributed by atoms with E-state index in [0.29, 0.717) is 16.6 Å². The Balaban J connectivity index is 1.88. The predicted molar refractivity (Wildman–Crippen MR) is 105 cm³/mol. The van der Waals surface area contributed by atoms with Crippen molar-refractivity contribution in [2.24, 2.45) is 4.99 Å². The molecule has 1 aliphatic rings. The van der Waals surface area contributed by atoms with Gasteiger partial charge in [-0.05, 0) is 54.6 Å². The largest absolute Gasteiger partial charge is 0.378 e. The molecule has 25 heavy (non-hydrogen) atoms. The lowest BCUT2D eigenvalue weighted by atomic mass is 10.2. The summed E-state index contributed by atoms with van der Waals surface area (Å²) in [7, 11) is 4.01. The third-order valence-electron chi connectivity index (χ3n) is 3.78. The minimum atomic E-state index is -0.00757. The van der Waals surface area contributed by atoms with Gasteiger partial charge >= 0.3 is 0 Å². The number of carbonyl (C=O) groups excluding carboxylic acids is 1. The van der Waals surface area contributed by atoms with Gasteiger partial charge in [0.1, 0.15) is 0 Å². The lowest BCUT2D eigenvalue weighted by Gasteiger charge is -2.12. The van der Waals surface area contributed by atoms with Crippen LogP contribution in [0.3, 0.4) is 0 Å². The first-order valence-corrected chi connectivity index (χ1v) is 8.87. The van der Waals surface area contributed by atoms with Crippen molar-refractivity contribution in [3.05, 3.63) is 59.3 Å². The number of benzene rings is 1. The molecule has 0 atom stereocenters. The fraction of sp³-hybridized carbons (Fsp3) is 0.211. The normalized spacial score (nSPS) is 17.6. The molecule has 2 heterocycles. The summed E-state index contributed by atoms with van der Waals surface area (Å²) < 4.78 is 0. The number of nitrogens with zero attached hydrogens (tertiary/aromatic N) is 4. The van der Waals surface area contributed by atoms with Crippen molar-refractivity contribution in [2.45, 2.75) is 6.92 Å². The molecular weight excluding hydrogens is 332 g/mol. The van der Waals surface area contributed by atoms with Crippen LogP contribution in [-0.4, -0.2) is 41.6 Å². The lowest BCUT2D eigenvalue weighted by molar-refractivity contribution is -0.122. The van der Waals surface area contributed by atoms with Crippen LogP contribution in [0.5, 0.6) is 0 Å². The highest BCUT2D eigenvalue weighted by Crippen LogP contribution is 2.34. The van der Waals surface area contributed by atoms with Crippen LogP contribution in [0.25, 0.3) is 6.08 Å². The molecule has 0 N–H and O–H groups in total. The molecule has 0 saturated carbocycles.